The molecule has 0 atom stereocenters. The van der Waals surface area contributed by atoms with E-state index in [1.165, 1.54) is 10.5 Å². The van der Waals surface area contributed by atoms with Crippen molar-refractivity contribution in [1.29, 1.82) is 0 Å². The molecule has 0 spiro atoms. The van der Waals surface area contributed by atoms with Crippen molar-refractivity contribution in [1.82, 2.24) is 9.38 Å². The first kappa shape index (κ1) is 14.2. The number of carbonyl (C=O) groups excluding carboxylic acids is 1. The van der Waals surface area contributed by atoms with Gasteiger partial charge in [-0.1, -0.05) is 0 Å². The first-order valence-electron chi connectivity index (χ1n) is 5.85. The normalized spacial score (nSPS) is 11.0. The van der Waals surface area contributed by atoms with Crippen molar-refractivity contribution >= 4 is 44.5 Å². The van der Waals surface area contributed by atoms with Crippen LogP contribution in [0.4, 0.5) is 14.5 Å². The third-order valence-corrected chi connectivity index (χ3v) is 4.52. The Hall–Kier alpha value is -1.80. The fraction of sp³-hybridized carbons (Fsp3) is 0.0769. The number of fused-ring (bicyclic) bond motifs is 1. The van der Waals surface area contributed by atoms with Gasteiger partial charge in [0.1, 0.15) is 9.60 Å². The Balaban J connectivity index is 1.92. The molecule has 1 N–H and O–H groups in total. The van der Waals surface area contributed by atoms with Crippen LogP contribution in [0.15, 0.2) is 28.3 Å². The van der Waals surface area contributed by atoms with Crippen LogP contribution >= 0.6 is 27.3 Å². The highest BCUT2D eigenvalue weighted by molar-refractivity contribution is 9.11. The van der Waals surface area contributed by atoms with Gasteiger partial charge in [0, 0.05) is 18.5 Å². The number of hydrogen-bond acceptors (Lipinski definition) is 3. The van der Waals surface area contributed by atoms with E-state index < -0.39 is 17.5 Å². The number of hydrogen-bond donors (Lipinski definition) is 1. The van der Waals surface area contributed by atoms with Gasteiger partial charge >= 0.3 is 0 Å². The number of anilines is 1. The van der Waals surface area contributed by atoms with E-state index in [1.54, 1.807) is 19.3 Å². The Labute approximate surface area is 130 Å². The molecule has 0 aliphatic carbocycles. The average molecular weight is 372 g/mol. The number of carbonyl (C=O) groups is 1. The summed E-state index contributed by atoms with van der Waals surface area (Å²) in [7, 11) is 0. The average Bonchev–Trinajstić information content (AvgIpc) is 2.93. The molecule has 0 bridgehead atoms. The van der Waals surface area contributed by atoms with Gasteiger partial charge in [-0.05, 0) is 28.9 Å². The van der Waals surface area contributed by atoms with Crippen LogP contribution in [-0.2, 0) is 0 Å². The van der Waals surface area contributed by atoms with Crippen LogP contribution in [0.5, 0.6) is 0 Å². The van der Waals surface area contributed by atoms with E-state index in [0.717, 1.165) is 17.4 Å². The van der Waals surface area contributed by atoms with Crippen LogP contribution in [0.25, 0.3) is 5.65 Å². The Bertz CT molecular complexity index is 839. The van der Waals surface area contributed by atoms with E-state index in [9.17, 15) is 13.6 Å². The standard InChI is InChI=1S/C13H8BrF2N3OS/c1-6-4-19-5-7(2-9(16)12(19)17-6)18-13(20)10-3-8(15)11(14)21-10/h2-5H,1H3,(H,18,20). The zero-order valence-electron chi connectivity index (χ0n) is 10.7. The van der Waals surface area contributed by atoms with Crippen molar-refractivity contribution in [2.45, 2.75) is 6.92 Å². The van der Waals surface area contributed by atoms with Gasteiger partial charge in [0.05, 0.1) is 16.3 Å². The number of thiophene rings is 1. The summed E-state index contributed by atoms with van der Waals surface area (Å²) in [6, 6.07) is 2.30. The molecule has 0 radical (unpaired) electrons. The smallest absolute Gasteiger partial charge is 0.265 e. The van der Waals surface area contributed by atoms with Gasteiger partial charge in [0.25, 0.3) is 5.91 Å². The molecule has 21 heavy (non-hydrogen) atoms. The number of halogens is 3. The topological polar surface area (TPSA) is 46.4 Å². The Morgan fingerprint density at radius 1 is 1.33 bits per heavy atom. The van der Waals surface area contributed by atoms with Crippen molar-refractivity contribution in [3.63, 3.8) is 0 Å². The van der Waals surface area contributed by atoms with Crippen LogP contribution in [0.3, 0.4) is 0 Å². The molecule has 3 aromatic rings. The highest BCUT2D eigenvalue weighted by Crippen LogP contribution is 2.27. The molecule has 0 aromatic carbocycles. The minimum Gasteiger partial charge on any atom is -0.320 e. The number of imidazole rings is 1. The number of rotatable bonds is 2. The number of nitrogens with zero attached hydrogens (tertiary/aromatic N) is 2. The van der Waals surface area contributed by atoms with E-state index in [1.807, 2.05) is 0 Å². The third-order valence-electron chi connectivity index (χ3n) is 2.75. The molecule has 8 heteroatoms. The first-order valence-corrected chi connectivity index (χ1v) is 7.46. The summed E-state index contributed by atoms with van der Waals surface area (Å²) >= 11 is 3.98. The van der Waals surface area contributed by atoms with Gasteiger partial charge in [-0.15, -0.1) is 11.3 Å². The Kier molecular flexibility index (Phi) is 3.50. The fourth-order valence-corrected chi connectivity index (χ4v) is 3.19. The third kappa shape index (κ3) is 2.68. The summed E-state index contributed by atoms with van der Waals surface area (Å²) < 4.78 is 28.8. The molecule has 4 nitrogen and oxygen atoms in total. The van der Waals surface area contributed by atoms with Gasteiger partial charge in [-0.3, -0.25) is 4.79 Å². The lowest BCUT2D eigenvalue weighted by Crippen LogP contribution is -2.11. The fourth-order valence-electron chi connectivity index (χ4n) is 1.90. The van der Waals surface area contributed by atoms with E-state index in [4.69, 9.17) is 0 Å². The second-order valence-corrected chi connectivity index (χ2v) is 6.75. The summed E-state index contributed by atoms with van der Waals surface area (Å²) in [4.78, 5) is 16.2. The molecule has 0 fully saturated rings. The lowest BCUT2D eigenvalue weighted by atomic mass is 10.3. The van der Waals surface area contributed by atoms with E-state index in [0.29, 0.717) is 5.69 Å². The molecule has 3 heterocycles. The summed E-state index contributed by atoms with van der Waals surface area (Å²) in [5, 5.41) is 2.54. The largest absolute Gasteiger partial charge is 0.320 e. The first-order chi connectivity index (χ1) is 9.94. The lowest BCUT2D eigenvalue weighted by molar-refractivity contribution is 0.103. The van der Waals surface area contributed by atoms with Crippen LogP contribution in [0, 0.1) is 18.6 Å². The van der Waals surface area contributed by atoms with Crippen LogP contribution in [0.1, 0.15) is 15.4 Å². The predicted octanol–water partition coefficient (Wildman–Crippen LogP) is 4.00. The maximum Gasteiger partial charge on any atom is 0.265 e. The molecule has 0 saturated heterocycles. The SMILES string of the molecule is Cc1cn2cc(NC(=O)c3cc(F)c(Br)s3)cc(F)c2n1. The maximum absolute atomic E-state index is 13.9. The monoisotopic (exact) mass is 371 g/mol. The maximum atomic E-state index is 13.9. The Morgan fingerprint density at radius 2 is 2.10 bits per heavy atom. The number of amides is 1. The molecule has 0 saturated carbocycles. The zero-order valence-corrected chi connectivity index (χ0v) is 13.1. The molecule has 0 aliphatic rings. The second-order valence-electron chi connectivity index (χ2n) is 4.38. The quantitative estimate of drug-likeness (QED) is 0.739. The van der Waals surface area contributed by atoms with Gasteiger partial charge < -0.3 is 9.72 Å². The van der Waals surface area contributed by atoms with Crippen LogP contribution in [0.2, 0.25) is 0 Å². The summed E-state index contributed by atoms with van der Waals surface area (Å²) in [6.45, 7) is 1.75. The van der Waals surface area contributed by atoms with Gasteiger partial charge in [-0.2, -0.15) is 0 Å². The summed E-state index contributed by atoms with van der Waals surface area (Å²) in [5.41, 5.74) is 1.13. The molecule has 108 valence electrons. The minimum atomic E-state index is -0.542. The number of aromatic nitrogens is 2. The van der Waals surface area contributed by atoms with Crippen LogP contribution < -0.4 is 5.32 Å². The van der Waals surface area contributed by atoms with Crippen molar-refractivity contribution in [2.75, 3.05) is 5.32 Å². The molecule has 1 amide bonds. The van der Waals surface area contributed by atoms with E-state index >= 15 is 0 Å². The van der Waals surface area contributed by atoms with Crippen LogP contribution in [-0.4, -0.2) is 15.3 Å². The van der Waals surface area contributed by atoms with Crippen molar-refractivity contribution in [2.24, 2.45) is 0 Å². The van der Waals surface area contributed by atoms with Gasteiger partial charge in [0.15, 0.2) is 11.5 Å². The number of aryl methyl sites for hydroxylation is 1. The number of pyridine rings is 1. The zero-order chi connectivity index (χ0) is 15.1. The predicted molar refractivity (Wildman–Crippen MR) is 79.8 cm³/mol. The molecule has 0 aliphatic heterocycles. The van der Waals surface area contributed by atoms with E-state index in [2.05, 4.69) is 26.2 Å². The van der Waals surface area contributed by atoms with Gasteiger partial charge in [0.2, 0.25) is 0 Å². The number of nitrogens with one attached hydrogen (secondary N) is 1. The summed E-state index contributed by atoms with van der Waals surface area (Å²) in [5.74, 6) is -1.54. The summed E-state index contributed by atoms with van der Waals surface area (Å²) in [6.07, 6.45) is 3.20. The molecule has 3 rings (SSSR count). The highest BCUT2D eigenvalue weighted by atomic mass is 79.9. The molecule has 3 aromatic heterocycles. The van der Waals surface area contributed by atoms with Gasteiger partial charge in [-0.25, -0.2) is 13.8 Å². The van der Waals surface area contributed by atoms with E-state index in [-0.39, 0.29) is 20.0 Å². The second kappa shape index (κ2) is 5.19. The Morgan fingerprint density at radius 3 is 2.76 bits per heavy atom. The van der Waals surface area contributed by atoms with Crippen molar-refractivity contribution in [3.05, 3.63) is 50.5 Å². The molecular weight excluding hydrogens is 364 g/mol. The van der Waals surface area contributed by atoms with Crippen molar-refractivity contribution in [3.8, 4) is 0 Å². The lowest BCUT2D eigenvalue weighted by Gasteiger charge is -2.05. The van der Waals surface area contributed by atoms with Crippen molar-refractivity contribution < 1.29 is 13.6 Å². The molecule has 0 unspecified atom stereocenters. The molecular formula is C13H8BrF2N3OS. The minimum absolute atomic E-state index is 0.190. The highest BCUT2D eigenvalue weighted by Gasteiger charge is 2.15.